The molecule has 0 bridgehead atoms. The van der Waals surface area contributed by atoms with E-state index in [0.29, 0.717) is 17.7 Å². The first-order valence-corrected chi connectivity index (χ1v) is 5.28. The quantitative estimate of drug-likeness (QED) is 0.796. The summed E-state index contributed by atoms with van der Waals surface area (Å²) in [6, 6.07) is 1.92. The smallest absolute Gasteiger partial charge is 0.131 e. The number of hydrogen-bond acceptors (Lipinski definition) is 3. The van der Waals surface area contributed by atoms with E-state index in [1.807, 2.05) is 6.07 Å². The number of nitrogens with two attached hydrogens (primary N) is 1. The van der Waals surface area contributed by atoms with Gasteiger partial charge in [-0.1, -0.05) is 13.8 Å². The highest BCUT2D eigenvalue weighted by molar-refractivity contribution is 5.32. The van der Waals surface area contributed by atoms with Gasteiger partial charge in [-0.05, 0) is 18.8 Å². The van der Waals surface area contributed by atoms with Gasteiger partial charge in [0.25, 0.3) is 0 Å². The molecule has 0 amide bonds. The van der Waals surface area contributed by atoms with Crippen LogP contribution in [-0.2, 0) is 6.42 Å². The van der Waals surface area contributed by atoms with Crippen molar-refractivity contribution in [2.45, 2.75) is 39.0 Å². The standard InChI is InChI=1S/C11H17N3/c1-7(2)5-11-13-9(8-3-4-8)6-10(12)14-11/h6-8H,3-5H2,1-2H3,(H2,12,13,14). The average Bonchev–Trinajstić information content (AvgIpc) is 2.82. The van der Waals surface area contributed by atoms with Gasteiger partial charge in [0, 0.05) is 24.1 Å². The summed E-state index contributed by atoms with van der Waals surface area (Å²) in [5.41, 5.74) is 6.90. The molecule has 3 heteroatoms. The van der Waals surface area contributed by atoms with Crippen molar-refractivity contribution in [1.29, 1.82) is 0 Å². The Bertz CT molecular complexity index is 329. The summed E-state index contributed by atoms with van der Waals surface area (Å²) in [6.07, 6.45) is 3.44. The van der Waals surface area contributed by atoms with E-state index in [9.17, 15) is 0 Å². The molecular weight excluding hydrogens is 174 g/mol. The van der Waals surface area contributed by atoms with Gasteiger partial charge in [0.15, 0.2) is 0 Å². The van der Waals surface area contributed by atoms with Crippen molar-refractivity contribution in [3.8, 4) is 0 Å². The van der Waals surface area contributed by atoms with Crippen LogP contribution in [0.15, 0.2) is 6.07 Å². The fraction of sp³-hybridized carbons (Fsp3) is 0.636. The Kier molecular flexibility index (Phi) is 2.40. The van der Waals surface area contributed by atoms with Crippen molar-refractivity contribution in [3.05, 3.63) is 17.6 Å². The summed E-state index contributed by atoms with van der Waals surface area (Å²) in [4.78, 5) is 8.80. The minimum Gasteiger partial charge on any atom is -0.384 e. The van der Waals surface area contributed by atoms with E-state index in [2.05, 4.69) is 23.8 Å². The molecule has 0 unspecified atom stereocenters. The highest BCUT2D eigenvalue weighted by Crippen LogP contribution is 2.39. The number of anilines is 1. The van der Waals surface area contributed by atoms with Crippen molar-refractivity contribution in [2.75, 3.05) is 5.73 Å². The molecule has 1 aromatic rings. The highest BCUT2D eigenvalue weighted by Gasteiger charge is 2.25. The molecule has 1 aromatic heterocycles. The van der Waals surface area contributed by atoms with Gasteiger partial charge in [0.1, 0.15) is 11.6 Å². The molecule has 2 rings (SSSR count). The third-order valence-corrected chi connectivity index (χ3v) is 2.40. The van der Waals surface area contributed by atoms with Gasteiger partial charge in [-0.15, -0.1) is 0 Å². The minimum atomic E-state index is 0.587. The summed E-state index contributed by atoms with van der Waals surface area (Å²) in [7, 11) is 0. The van der Waals surface area contributed by atoms with Gasteiger partial charge in [0.05, 0.1) is 0 Å². The molecule has 2 N–H and O–H groups in total. The molecule has 1 aliphatic rings. The lowest BCUT2D eigenvalue weighted by Gasteiger charge is -2.06. The van der Waals surface area contributed by atoms with E-state index in [1.165, 1.54) is 12.8 Å². The molecule has 1 saturated carbocycles. The van der Waals surface area contributed by atoms with Crippen molar-refractivity contribution in [2.24, 2.45) is 5.92 Å². The van der Waals surface area contributed by atoms with E-state index in [0.717, 1.165) is 17.9 Å². The molecule has 1 fully saturated rings. The van der Waals surface area contributed by atoms with Gasteiger partial charge >= 0.3 is 0 Å². The zero-order chi connectivity index (χ0) is 10.1. The Labute approximate surface area is 84.8 Å². The fourth-order valence-electron chi connectivity index (χ4n) is 1.58. The van der Waals surface area contributed by atoms with Gasteiger partial charge in [0.2, 0.25) is 0 Å². The zero-order valence-corrected chi connectivity index (χ0v) is 8.83. The summed E-state index contributed by atoms with van der Waals surface area (Å²) in [6.45, 7) is 4.34. The Morgan fingerprint density at radius 3 is 2.71 bits per heavy atom. The van der Waals surface area contributed by atoms with Gasteiger partial charge in [-0.2, -0.15) is 0 Å². The lowest BCUT2D eigenvalue weighted by molar-refractivity contribution is 0.618. The van der Waals surface area contributed by atoms with Crippen LogP contribution in [0.2, 0.25) is 0 Å². The Hall–Kier alpha value is -1.12. The van der Waals surface area contributed by atoms with Crippen molar-refractivity contribution >= 4 is 5.82 Å². The zero-order valence-electron chi connectivity index (χ0n) is 8.83. The highest BCUT2D eigenvalue weighted by atomic mass is 14.9. The summed E-state index contributed by atoms with van der Waals surface area (Å²) in [5.74, 6) is 2.77. The number of nitrogen functional groups attached to an aromatic ring is 1. The molecule has 3 nitrogen and oxygen atoms in total. The SMILES string of the molecule is CC(C)Cc1nc(N)cc(C2CC2)n1. The fourth-order valence-corrected chi connectivity index (χ4v) is 1.58. The van der Waals surface area contributed by atoms with Crippen LogP contribution in [0.25, 0.3) is 0 Å². The first-order valence-electron chi connectivity index (χ1n) is 5.28. The minimum absolute atomic E-state index is 0.587. The lowest BCUT2D eigenvalue weighted by Crippen LogP contribution is -2.05. The van der Waals surface area contributed by atoms with Crippen LogP contribution in [-0.4, -0.2) is 9.97 Å². The third kappa shape index (κ3) is 2.22. The summed E-state index contributed by atoms with van der Waals surface area (Å²) >= 11 is 0. The molecule has 0 radical (unpaired) electrons. The van der Waals surface area contributed by atoms with E-state index >= 15 is 0 Å². The van der Waals surface area contributed by atoms with Crippen LogP contribution in [0.1, 0.15) is 44.1 Å². The normalized spacial score (nSPS) is 16.2. The topological polar surface area (TPSA) is 51.8 Å². The predicted octanol–water partition coefficient (Wildman–Crippen LogP) is 2.13. The van der Waals surface area contributed by atoms with Crippen LogP contribution in [0.4, 0.5) is 5.82 Å². The van der Waals surface area contributed by atoms with Crippen molar-refractivity contribution < 1.29 is 0 Å². The van der Waals surface area contributed by atoms with Crippen LogP contribution in [0.5, 0.6) is 0 Å². The second-order valence-corrected chi connectivity index (χ2v) is 4.51. The van der Waals surface area contributed by atoms with Crippen molar-refractivity contribution in [3.63, 3.8) is 0 Å². The van der Waals surface area contributed by atoms with Crippen LogP contribution in [0.3, 0.4) is 0 Å². The summed E-state index contributed by atoms with van der Waals surface area (Å²) < 4.78 is 0. The molecule has 0 aromatic carbocycles. The molecular formula is C11H17N3. The predicted molar refractivity (Wildman–Crippen MR) is 57.0 cm³/mol. The Morgan fingerprint density at radius 2 is 2.14 bits per heavy atom. The first kappa shape index (κ1) is 9.44. The Morgan fingerprint density at radius 1 is 1.43 bits per heavy atom. The second kappa shape index (κ2) is 3.56. The maximum atomic E-state index is 5.75. The molecule has 14 heavy (non-hydrogen) atoms. The molecule has 0 spiro atoms. The number of nitrogens with zero attached hydrogens (tertiary/aromatic N) is 2. The number of hydrogen-bond donors (Lipinski definition) is 1. The average molecular weight is 191 g/mol. The maximum Gasteiger partial charge on any atom is 0.131 e. The number of rotatable bonds is 3. The largest absolute Gasteiger partial charge is 0.384 e. The molecule has 0 aliphatic heterocycles. The third-order valence-electron chi connectivity index (χ3n) is 2.40. The lowest BCUT2D eigenvalue weighted by atomic mass is 10.1. The molecule has 1 aliphatic carbocycles. The van der Waals surface area contributed by atoms with Crippen molar-refractivity contribution in [1.82, 2.24) is 9.97 Å². The van der Waals surface area contributed by atoms with Gasteiger partial charge < -0.3 is 5.73 Å². The Balaban J connectivity index is 2.22. The monoisotopic (exact) mass is 191 g/mol. The molecule has 76 valence electrons. The van der Waals surface area contributed by atoms with E-state index < -0.39 is 0 Å². The van der Waals surface area contributed by atoms with Crippen LogP contribution < -0.4 is 5.73 Å². The molecule has 1 heterocycles. The molecule has 0 atom stereocenters. The first-order chi connectivity index (χ1) is 6.65. The molecule has 0 saturated heterocycles. The van der Waals surface area contributed by atoms with E-state index in [1.54, 1.807) is 0 Å². The van der Waals surface area contributed by atoms with Crippen LogP contribution in [0, 0.1) is 5.92 Å². The van der Waals surface area contributed by atoms with Gasteiger partial charge in [-0.3, -0.25) is 0 Å². The summed E-state index contributed by atoms with van der Waals surface area (Å²) in [5, 5.41) is 0. The number of aromatic nitrogens is 2. The maximum absolute atomic E-state index is 5.75. The van der Waals surface area contributed by atoms with E-state index in [-0.39, 0.29) is 0 Å². The van der Waals surface area contributed by atoms with Gasteiger partial charge in [-0.25, -0.2) is 9.97 Å². The van der Waals surface area contributed by atoms with E-state index in [4.69, 9.17) is 5.73 Å². The van der Waals surface area contributed by atoms with Crippen LogP contribution >= 0.6 is 0 Å². The second-order valence-electron chi connectivity index (χ2n) is 4.51.